The summed E-state index contributed by atoms with van der Waals surface area (Å²) in [5.41, 5.74) is -2.11. The number of aliphatic hydroxyl groups excluding tert-OH is 2. The van der Waals surface area contributed by atoms with Gasteiger partial charge in [-0.15, -0.1) is 0 Å². The van der Waals surface area contributed by atoms with Crippen LogP contribution < -0.4 is 5.32 Å². The molecule has 0 spiro atoms. The third-order valence-electron chi connectivity index (χ3n) is 2.59. The molecule has 118 valence electrons. The number of aliphatic hydroxyl groups is 2. The predicted molar refractivity (Wildman–Crippen MR) is 66.1 cm³/mol. The summed E-state index contributed by atoms with van der Waals surface area (Å²) in [5, 5.41) is 19.8. The van der Waals surface area contributed by atoms with E-state index in [0.29, 0.717) is 6.07 Å². The van der Waals surface area contributed by atoms with Crippen LogP contribution in [0.3, 0.4) is 0 Å². The number of carbonyl (C=O) groups excluding carboxylic acids is 1. The first-order valence-electron chi connectivity index (χ1n) is 5.83. The van der Waals surface area contributed by atoms with Gasteiger partial charge in [0.25, 0.3) is 0 Å². The van der Waals surface area contributed by atoms with Crippen LogP contribution in [0.25, 0.3) is 0 Å². The van der Waals surface area contributed by atoms with Gasteiger partial charge in [-0.05, 0) is 12.1 Å². The van der Waals surface area contributed by atoms with Gasteiger partial charge in [-0.25, -0.2) is 9.18 Å². The Bertz CT molecular complexity index is 508. The molecule has 0 aliphatic heterocycles. The van der Waals surface area contributed by atoms with Gasteiger partial charge in [-0.3, -0.25) is 0 Å². The zero-order chi connectivity index (χ0) is 16.2. The molecule has 0 aliphatic carbocycles. The number of hydrogen-bond donors (Lipinski definition) is 3. The van der Waals surface area contributed by atoms with E-state index < -0.39 is 42.0 Å². The molecule has 3 N–H and O–H groups in total. The van der Waals surface area contributed by atoms with Gasteiger partial charge in [0.1, 0.15) is 0 Å². The molecule has 0 aromatic heterocycles. The number of rotatable bonds is 4. The van der Waals surface area contributed by atoms with E-state index in [4.69, 9.17) is 10.2 Å². The number of hydrogen-bond acceptors (Lipinski definition) is 3. The number of alkyl halides is 3. The first-order chi connectivity index (χ1) is 9.66. The van der Waals surface area contributed by atoms with Crippen molar-refractivity contribution in [1.29, 1.82) is 0 Å². The van der Waals surface area contributed by atoms with Crippen LogP contribution >= 0.6 is 0 Å². The van der Waals surface area contributed by atoms with Crippen LogP contribution in [-0.4, -0.2) is 47.4 Å². The predicted octanol–water partition coefficient (Wildman–Crippen LogP) is 1.66. The molecule has 0 radical (unpaired) electrons. The first-order valence-corrected chi connectivity index (χ1v) is 5.83. The monoisotopic (exact) mass is 310 g/mol. The number of likely N-dealkylation sites (N-methyl/N-ethyl adjacent to an activating group) is 1. The minimum absolute atomic E-state index is 0.261. The van der Waals surface area contributed by atoms with E-state index in [9.17, 15) is 22.4 Å². The lowest BCUT2D eigenvalue weighted by molar-refractivity contribution is -0.139. The summed E-state index contributed by atoms with van der Waals surface area (Å²) in [7, 11) is 1.24. The van der Waals surface area contributed by atoms with Crippen molar-refractivity contribution in [1.82, 2.24) is 4.90 Å². The number of benzene rings is 1. The van der Waals surface area contributed by atoms with E-state index >= 15 is 0 Å². The quantitative estimate of drug-likeness (QED) is 0.741. The van der Waals surface area contributed by atoms with Crippen molar-refractivity contribution in [3.8, 4) is 0 Å². The number of nitrogens with one attached hydrogen (secondary N) is 1. The molecular weight excluding hydrogens is 296 g/mol. The highest BCUT2D eigenvalue weighted by Crippen LogP contribution is 2.33. The van der Waals surface area contributed by atoms with Gasteiger partial charge in [0.15, 0.2) is 5.82 Å². The Balaban J connectivity index is 2.86. The number of anilines is 1. The smallest absolute Gasteiger partial charge is 0.394 e. The normalized spacial score (nSPS) is 12.9. The zero-order valence-corrected chi connectivity index (χ0v) is 11.0. The van der Waals surface area contributed by atoms with E-state index in [0.717, 1.165) is 17.0 Å². The molecule has 9 heteroatoms. The number of halogens is 4. The van der Waals surface area contributed by atoms with Crippen LogP contribution in [0.1, 0.15) is 5.56 Å². The summed E-state index contributed by atoms with van der Waals surface area (Å²) in [6.07, 6.45) is -6.07. The molecule has 1 rings (SSSR count). The minimum atomic E-state index is -4.87. The van der Waals surface area contributed by atoms with Gasteiger partial charge in [-0.1, -0.05) is 6.07 Å². The lowest BCUT2D eigenvalue weighted by Crippen LogP contribution is -2.38. The molecule has 0 saturated heterocycles. The largest absolute Gasteiger partial charge is 0.419 e. The fourth-order valence-electron chi connectivity index (χ4n) is 1.51. The van der Waals surface area contributed by atoms with Gasteiger partial charge in [0, 0.05) is 7.05 Å². The Morgan fingerprint density at radius 3 is 2.57 bits per heavy atom. The molecule has 0 aliphatic rings. The highest BCUT2D eigenvalue weighted by Gasteiger charge is 2.35. The second-order valence-electron chi connectivity index (χ2n) is 4.31. The van der Waals surface area contributed by atoms with Crippen molar-refractivity contribution in [2.24, 2.45) is 0 Å². The summed E-state index contributed by atoms with van der Waals surface area (Å²) < 4.78 is 51.2. The van der Waals surface area contributed by atoms with Gasteiger partial charge in [0.2, 0.25) is 0 Å². The number of amides is 2. The summed E-state index contributed by atoms with van der Waals surface area (Å²) in [6.45, 7) is -0.849. The van der Waals surface area contributed by atoms with Crippen LogP contribution in [0.5, 0.6) is 0 Å². The van der Waals surface area contributed by atoms with E-state index in [1.54, 1.807) is 0 Å². The molecular formula is C12H14F4N2O3. The second kappa shape index (κ2) is 6.72. The Morgan fingerprint density at radius 2 is 2.05 bits per heavy atom. The molecule has 1 aromatic carbocycles. The Hall–Kier alpha value is -1.87. The Morgan fingerprint density at radius 1 is 1.43 bits per heavy atom. The zero-order valence-electron chi connectivity index (χ0n) is 11.0. The molecule has 0 bridgehead atoms. The molecule has 2 amide bonds. The molecule has 21 heavy (non-hydrogen) atoms. The van der Waals surface area contributed by atoms with Gasteiger partial charge < -0.3 is 20.4 Å². The number of urea groups is 1. The fraction of sp³-hybridized carbons (Fsp3) is 0.417. The summed E-state index contributed by atoms with van der Waals surface area (Å²) in [4.78, 5) is 12.6. The highest BCUT2D eigenvalue weighted by molar-refractivity contribution is 5.89. The van der Waals surface area contributed by atoms with Crippen LogP contribution in [0.2, 0.25) is 0 Å². The van der Waals surface area contributed by atoms with Crippen molar-refractivity contribution < 1.29 is 32.6 Å². The summed E-state index contributed by atoms with van der Waals surface area (Å²) in [6, 6.07) is 1.59. The summed E-state index contributed by atoms with van der Waals surface area (Å²) in [5.74, 6) is -1.59. The van der Waals surface area contributed by atoms with Crippen LogP contribution in [0, 0.1) is 5.82 Å². The van der Waals surface area contributed by atoms with E-state index in [-0.39, 0.29) is 6.54 Å². The van der Waals surface area contributed by atoms with Crippen LogP contribution in [0.15, 0.2) is 18.2 Å². The SMILES string of the molecule is CN(C[C@@H](O)CO)C(=O)Nc1cccc(C(F)(F)F)c1F. The van der Waals surface area contributed by atoms with Gasteiger partial charge >= 0.3 is 12.2 Å². The fourth-order valence-corrected chi connectivity index (χ4v) is 1.51. The highest BCUT2D eigenvalue weighted by atomic mass is 19.4. The average Bonchev–Trinajstić information content (AvgIpc) is 2.39. The van der Waals surface area contributed by atoms with Gasteiger partial charge in [-0.2, -0.15) is 13.2 Å². The third-order valence-corrected chi connectivity index (χ3v) is 2.59. The first kappa shape index (κ1) is 17.2. The van der Waals surface area contributed by atoms with Crippen molar-refractivity contribution >= 4 is 11.7 Å². The number of carbonyl (C=O) groups is 1. The molecule has 0 saturated carbocycles. The standard InChI is InChI=1S/C12H14F4N2O3/c1-18(5-7(20)6-19)11(21)17-9-4-2-3-8(10(9)13)12(14,15)16/h2-4,7,19-20H,5-6H2,1H3,(H,17,21)/t7-/m1/s1. The van der Waals surface area contributed by atoms with Crippen molar-refractivity contribution in [3.63, 3.8) is 0 Å². The van der Waals surface area contributed by atoms with Crippen LogP contribution in [0.4, 0.5) is 28.0 Å². The lowest BCUT2D eigenvalue weighted by Gasteiger charge is -2.21. The van der Waals surface area contributed by atoms with Crippen molar-refractivity contribution in [2.45, 2.75) is 12.3 Å². The van der Waals surface area contributed by atoms with E-state index in [2.05, 4.69) is 0 Å². The van der Waals surface area contributed by atoms with Crippen molar-refractivity contribution in [3.05, 3.63) is 29.6 Å². The molecule has 5 nitrogen and oxygen atoms in total. The van der Waals surface area contributed by atoms with Crippen molar-refractivity contribution in [2.75, 3.05) is 25.5 Å². The molecule has 0 fully saturated rings. The Kier molecular flexibility index (Phi) is 5.50. The maximum absolute atomic E-state index is 13.7. The Labute approximate surface area is 117 Å². The molecule has 0 heterocycles. The van der Waals surface area contributed by atoms with Gasteiger partial charge in [0.05, 0.1) is 30.5 Å². The summed E-state index contributed by atoms with van der Waals surface area (Å²) >= 11 is 0. The molecule has 1 atom stereocenters. The molecule has 0 unspecified atom stereocenters. The maximum Gasteiger partial charge on any atom is 0.419 e. The molecule has 1 aromatic rings. The van der Waals surface area contributed by atoms with E-state index in [1.165, 1.54) is 7.05 Å². The third kappa shape index (κ3) is 4.57. The topological polar surface area (TPSA) is 72.8 Å². The number of nitrogens with zero attached hydrogens (tertiary/aromatic N) is 1. The van der Waals surface area contributed by atoms with Crippen LogP contribution in [-0.2, 0) is 6.18 Å². The maximum atomic E-state index is 13.7. The lowest BCUT2D eigenvalue weighted by atomic mass is 10.2. The average molecular weight is 310 g/mol. The van der Waals surface area contributed by atoms with E-state index in [1.807, 2.05) is 5.32 Å². The minimum Gasteiger partial charge on any atom is -0.394 e. The second-order valence-corrected chi connectivity index (χ2v) is 4.31.